The van der Waals surface area contributed by atoms with Gasteiger partial charge in [-0.1, -0.05) is 31.2 Å². The monoisotopic (exact) mass is 458 g/mol. The Morgan fingerprint density at radius 2 is 1.75 bits per heavy atom. The highest BCUT2D eigenvalue weighted by Crippen LogP contribution is 2.17. The molecule has 1 heterocycles. The number of hydrogen-bond donors (Lipinski definition) is 3. The highest BCUT2D eigenvalue weighted by Gasteiger charge is 2.23. The molecule has 3 rings (SSSR count). The van der Waals surface area contributed by atoms with E-state index in [2.05, 4.69) is 29.7 Å². The summed E-state index contributed by atoms with van der Waals surface area (Å²) in [5.41, 5.74) is 2.69. The number of thiophene rings is 1. The predicted octanol–water partition coefficient (Wildman–Crippen LogP) is 4.39. The number of nitrogens with one attached hydrogen (secondary N) is 2. The van der Waals surface area contributed by atoms with Crippen LogP contribution < -0.4 is 10.6 Å². The molecule has 0 aliphatic heterocycles. The zero-order valence-corrected chi connectivity index (χ0v) is 19.0. The maximum absolute atomic E-state index is 13.7. The summed E-state index contributed by atoms with van der Waals surface area (Å²) in [5.74, 6) is -1.70. The molecule has 170 valence electrons. The molecular formula is C25H28F2N2O2S. The Labute approximate surface area is 191 Å². The molecule has 0 aliphatic carbocycles. The van der Waals surface area contributed by atoms with Gasteiger partial charge in [0.2, 0.25) is 0 Å². The van der Waals surface area contributed by atoms with Gasteiger partial charge in [0, 0.05) is 24.0 Å². The van der Waals surface area contributed by atoms with Crippen LogP contribution in [0, 0.1) is 18.6 Å². The van der Waals surface area contributed by atoms with Gasteiger partial charge < -0.3 is 15.7 Å². The zero-order chi connectivity index (χ0) is 23.1. The van der Waals surface area contributed by atoms with Gasteiger partial charge >= 0.3 is 0 Å². The lowest BCUT2D eigenvalue weighted by molar-refractivity contribution is 0.0833. The molecule has 3 aromatic rings. The van der Waals surface area contributed by atoms with Crippen molar-refractivity contribution in [1.29, 1.82) is 0 Å². The molecule has 0 saturated heterocycles. The Bertz CT molecular complexity index is 1030. The molecule has 1 amide bonds. The van der Waals surface area contributed by atoms with Crippen molar-refractivity contribution in [2.75, 3.05) is 6.54 Å². The number of carbonyl (C=O) groups is 1. The van der Waals surface area contributed by atoms with Crippen molar-refractivity contribution in [2.24, 2.45) is 0 Å². The van der Waals surface area contributed by atoms with Crippen molar-refractivity contribution in [3.8, 4) is 0 Å². The second kappa shape index (κ2) is 11.3. The molecule has 0 radical (unpaired) electrons. The molecule has 0 saturated carbocycles. The minimum atomic E-state index is -0.958. The van der Waals surface area contributed by atoms with Crippen LogP contribution in [0.5, 0.6) is 0 Å². The Balaban J connectivity index is 1.68. The van der Waals surface area contributed by atoms with Crippen LogP contribution in [-0.4, -0.2) is 29.7 Å². The molecule has 4 nitrogen and oxygen atoms in total. The summed E-state index contributed by atoms with van der Waals surface area (Å²) in [6.45, 7) is 4.77. The quantitative estimate of drug-likeness (QED) is 0.422. The first-order chi connectivity index (χ1) is 15.3. The largest absolute Gasteiger partial charge is 0.390 e. The van der Waals surface area contributed by atoms with Crippen LogP contribution in [0.25, 0.3) is 0 Å². The SMILES string of the molecule is CCc1cccc(CNCC(O)C(Cc2cc(F)cc(F)c2)NC(=O)c2ccc(C)s2)c1. The fraction of sp³-hybridized carbons (Fsp3) is 0.320. The molecular weight excluding hydrogens is 430 g/mol. The number of aryl methyl sites for hydroxylation is 2. The van der Waals surface area contributed by atoms with Gasteiger partial charge in [-0.15, -0.1) is 11.3 Å². The van der Waals surface area contributed by atoms with Gasteiger partial charge in [0.25, 0.3) is 5.91 Å². The molecule has 2 unspecified atom stereocenters. The number of aliphatic hydroxyl groups is 1. The van der Waals surface area contributed by atoms with Crippen LogP contribution in [0.4, 0.5) is 8.78 Å². The van der Waals surface area contributed by atoms with E-state index in [0.717, 1.165) is 22.9 Å². The Morgan fingerprint density at radius 3 is 2.41 bits per heavy atom. The van der Waals surface area contributed by atoms with Gasteiger partial charge in [-0.3, -0.25) is 4.79 Å². The number of halogens is 2. The molecule has 3 N–H and O–H groups in total. The van der Waals surface area contributed by atoms with Crippen LogP contribution in [0.1, 0.15) is 38.2 Å². The predicted molar refractivity (Wildman–Crippen MR) is 124 cm³/mol. The molecule has 7 heteroatoms. The van der Waals surface area contributed by atoms with Crippen molar-refractivity contribution < 1.29 is 18.7 Å². The minimum Gasteiger partial charge on any atom is -0.390 e. The number of rotatable bonds is 10. The van der Waals surface area contributed by atoms with E-state index in [1.807, 2.05) is 25.1 Å². The molecule has 1 aromatic heterocycles. The Hall–Kier alpha value is -2.61. The fourth-order valence-electron chi connectivity index (χ4n) is 3.53. The van der Waals surface area contributed by atoms with Crippen LogP contribution in [-0.2, 0) is 19.4 Å². The first kappa shape index (κ1) is 24.0. The summed E-state index contributed by atoms with van der Waals surface area (Å²) in [4.78, 5) is 14.2. The molecule has 2 atom stereocenters. The lowest BCUT2D eigenvalue weighted by atomic mass is 10.0. The summed E-state index contributed by atoms with van der Waals surface area (Å²) in [6, 6.07) is 14.2. The number of carbonyl (C=O) groups excluding carboxylic acids is 1. The van der Waals surface area contributed by atoms with Crippen LogP contribution >= 0.6 is 11.3 Å². The normalized spacial score (nSPS) is 13.0. The number of hydrogen-bond acceptors (Lipinski definition) is 4. The average molecular weight is 459 g/mol. The lowest BCUT2D eigenvalue weighted by Crippen LogP contribution is -2.48. The summed E-state index contributed by atoms with van der Waals surface area (Å²) in [7, 11) is 0. The number of aliphatic hydroxyl groups excluding tert-OH is 1. The van der Waals surface area contributed by atoms with Gasteiger partial charge in [0.1, 0.15) is 11.6 Å². The minimum absolute atomic E-state index is 0.0962. The van der Waals surface area contributed by atoms with Gasteiger partial charge in [-0.05, 0) is 60.7 Å². The molecule has 0 bridgehead atoms. The van der Waals surface area contributed by atoms with E-state index >= 15 is 0 Å². The second-order valence-corrected chi connectivity index (χ2v) is 9.13. The van der Waals surface area contributed by atoms with E-state index in [4.69, 9.17) is 0 Å². The first-order valence-corrected chi connectivity index (χ1v) is 11.4. The molecule has 0 fully saturated rings. The fourth-order valence-corrected chi connectivity index (χ4v) is 4.30. The van der Waals surface area contributed by atoms with Gasteiger partial charge in [0.15, 0.2) is 0 Å². The summed E-state index contributed by atoms with van der Waals surface area (Å²) >= 11 is 1.35. The van der Waals surface area contributed by atoms with E-state index in [0.29, 0.717) is 17.0 Å². The third kappa shape index (κ3) is 6.95. The first-order valence-electron chi connectivity index (χ1n) is 10.6. The number of amides is 1. The standard InChI is InChI=1S/C25H28F2N2O2S/c1-3-17-5-4-6-18(9-17)14-28-15-23(30)22(12-19-10-20(26)13-21(27)11-19)29-25(31)24-8-7-16(2)32-24/h4-11,13,22-23,28,30H,3,12,14-15H2,1-2H3,(H,29,31). The topological polar surface area (TPSA) is 61.4 Å². The molecule has 0 aliphatic rings. The van der Waals surface area contributed by atoms with E-state index in [1.54, 1.807) is 6.07 Å². The Morgan fingerprint density at radius 1 is 1.03 bits per heavy atom. The highest BCUT2D eigenvalue weighted by molar-refractivity contribution is 7.13. The van der Waals surface area contributed by atoms with E-state index in [-0.39, 0.29) is 18.9 Å². The van der Waals surface area contributed by atoms with E-state index in [1.165, 1.54) is 29.0 Å². The third-order valence-corrected chi connectivity index (χ3v) is 6.20. The Kier molecular flexibility index (Phi) is 8.50. The van der Waals surface area contributed by atoms with Crippen molar-refractivity contribution in [1.82, 2.24) is 10.6 Å². The summed E-state index contributed by atoms with van der Waals surface area (Å²) in [6.07, 6.45) is 0.0799. The van der Waals surface area contributed by atoms with E-state index in [9.17, 15) is 18.7 Å². The number of benzene rings is 2. The zero-order valence-electron chi connectivity index (χ0n) is 18.2. The van der Waals surface area contributed by atoms with Gasteiger partial charge in [-0.2, -0.15) is 0 Å². The van der Waals surface area contributed by atoms with Crippen molar-refractivity contribution in [3.63, 3.8) is 0 Å². The van der Waals surface area contributed by atoms with Crippen molar-refractivity contribution in [2.45, 2.75) is 45.4 Å². The second-order valence-electron chi connectivity index (χ2n) is 7.84. The van der Waals surface area contributed by atoms with Gasteiger partial charge in [-0.25, -0.2) is 8.78 Å². The summed E-state index contributed by atoms with van der Waals surface area (Å²) in [5, 5.41) is 16.9. The highest BCUT2D eigenvalue weighted by atomic mass is 32.1. The molecule has 0 spiro atoms. The molecule has 32 heavy (non-hydrogen) atoms. The van der Waals surface area contributed by atoms with Crippen molar-refractivity contribution >= 4 is 17.2 Å². The smallest absolute Gasteiger partial charge is 0.261 e. The van der Waals surface area contributed by atoms with E-state index < -0.39 is 23.8 Å². The molecule has 2 aromatic carbocycles. The van der Waals surface area contributed by atoms with Crippen LogP contribution in [0.3, 0.4) is 0 Å². The van der Waals surface area contributed by atoms with Crippen molar-refractivity contribution in [3.05, 3.63) is 92.7 Å². The maximum atomic E-state index is 13.7. The van der Waals surface area contributed by atoms with Crippen LogP contribution in [0.15, 0.2) is 54.6 Å². The lowest BCUT2D eigenvalue weighted by Gasteiger charge is -2.25. The van der Waals surface area contributed by atoms with Gasteiger partial charge in [0.05, 0.1) is 17.0 Å². The van der Waals surface area contributed by atoms with Crippen LogP contribution in [0.2, 0.25) is 0 Å². The maximum Gasteiger partial charge on any atom is 0.261 e. The third-order valence-electron chi connectivity index (χ3n) is 5.21. The average Bonchev–Trinajstić information content (AvgIpc) is 3.19. The summed E-state index contributed by atoms with van der Waals surface area (Å²) < 4.78 is 27.3.